The average molecular weight is 681 g/mol. The molecule has 1 saturated heterocycles. The standard InChI is InChI=1S/C38H38F2N6O4/c1-24(2)46-36-29(22-41-34(42-36)20-26-9-12-30(13-10-26)44-15-17-50-18-16-44)21-28(37(46)48)7-5-6-8-33(47)35-25(3)43(4)45(38(35)49)23-27-11-14-31(39)32(40)19-27/h9-14,19,21-22,24H,6,8,15-18,20,23H2,1-4H3. The SMILES string of the molecule is Cc1c(C(=O)CCC#Cc2cc3cnc(Cc4ccc(N5CCOCC5)cc4)nc3n(C(C)C)c2=O)c(=O)n(Cc2ccc(F)c(F)c2)n1C. The fourth-order valence-corrected chi connectivity index (χ4v) is 6.17. The summed E-state index contributed by atoms with van der Waals surface area (Å²) in [5.74, 6) is 4.07. The molecule has 12 heteroatoms. The number of fused-ring (bicyclic) bond motifs is 1. The third kappa shape index (κ3) is 7.14. The second-order valence-corrected chi connectivity index (χ2v) is 12.7. The van der Waals surface area contributed by atoms with Gasteiger partial charge in [0.2, 0.25) is 0 Å². The van der Waals surface area contributed by atoms with E-state index in [1.165, 1.54) is 15.4 Å². The van der Waals surface area contributed by atoms with E-state index in [0.29, 0.717) is 34.5 Å². The number of anilines is 1. The first-order valence-electron chi connectivity index (χ1n) is 16.6. The summed E-state index contributed by atoms with van der Waals surface area (Å²) in [4.78, 5) is 51.6. The number of aromatic nitrogens is 5. The largest absolute Gasteiger partial charge is 0.378 e. The first-order valence-corrected chi connectivity index (χ1v) is 16.6. The van der Waals surface area contributed by atoms with Crippen molar-refractivity contribution < 1.29 is 18.3 Å². The highest BCUT2D eigenvalue weighted by atomic mass is 19.2. The van der Waals surface area contributed by atoms with E-state index in [1.807, 2.05) is 13.8 Å². The quantitative estimate of drug-likeness (QED) is 0.160. The molecule has 10 nitrogen and oxygen atoms in total. The van der Waals surface area contributed by atoms with Crippen LogP contribution < -0.4 is 16.0 Å². The van der Waals surface area contributed by atoms with Crippen LogP contribution in [-0.2, 0) is 24.8 Å². The van der Waals surface area contributed by atoms with Gasteiger partial charge in [-0.2, -0.15) is 0 Å². The summed E-state index contributed by atoms with van der Waals surface area (Å²) in [6, 6.07) is 13.2. The van der Waals surface area contributed by atoms with Crippen LogP contribution in [0.3, 0.4) is 0 Å². The molecule has 2 aromatic carbocycles. The summed E-state index contributed by atoms with van der Waals surface area (Å²) in [5, 5.41) is 0.673. The van der Waals surface area contributed by atoms with Crippen molar-refractivity contribution in [1.82, 2.24) is 23.9 Å². The van der Waals surface area contributed by atoms with Crippen molar-refractivity contribution in [2.24, 2.45) is 7.05 Å². The van der Waals surface area contributed by atoms with Crippen molar-refractivity contribution in [2.75, 3.05) is 31.2 Å². The van der Waals surface area contributed by atoms with E-state index in [1.54, 1.807) is 30.8 Å². The van der Waals surface area contributed by atoms with Crippen LogP contribution in [0.25, 0.3) is 11.0 Å². The minimum atomic E-state index is -1.01. The highest BCUT2D eigenvalue weighted by Gasteiger charge is 2.21. The van der Waals surface area contributed by atoms with Crippen molar-refractivity contribution in [3.63, 3.8) is 0 Å². The van der Waals surface area contributed by atoms with Crippen molar-refractivity contribution >= 4 is 22.5 Å². The molecule has 4 heterocycles. The molecule has 0 aliphatic carbocycles. The molecule has 3 aromatic heterocycles. The molecule has 258 valence electrons. The van der Waals surface area contributed by atoms with Crippen molar-refractivity contribution in [3.05, 3.63) is 121 Å². The van der Waals surface area contributed by atoms with Gasteiger partial charge in [-0.25, -0.2) is 23.4 Å². The number of morpholine rings is 1. The van der Waals surface area contributed by atoms with Crippen LogP contribution >= 0.6 is 0 Å². The van der Waals surface area contributed by atoms with E-state index in [4.69, 9.17) is 9.72 Å². The number of benzene rings is 2. The Morgan fingerprint density at radius 3 is 2.40 bits per heavy atom. The normalized spacial score (nSPS) is 13.1. The van der Waals surface area contributed by atoms with Crippen LogP contribution in [0.4, 0.5) is 14.5 Å². The fourth-order valence-electron chi connectivity index (χ4n) is 6.17. The van der Waals surface area contributed by atoms with Crippen molar-refractivity contribution in [2.45, 2.75) is 52.6 Å². The number of rotatable bonds is 9. The van der Waals surface area contributed by atoms with E-state index < -0.39 is 23.0 Å². The van der Waals surface area contributed by atoms with Gasteiger partial charge in [-0.05, 0) is 62.2 Å². The lowest BCUT2D eigenvalue weighted by Gasteiger charge is -2.28. The van der Waals surface area contributed by atoms with E-state index in [-0.39, 0.29) is 42.1 Å². The number of halogens is 2. The zero-order chi connectivity index (χ0) is 35.5. The molecule has 0 spiro atoms. The lowest BCUT2D eigenvalue weighted by molar-refractivity contribution is 0.0982. The lowest BCUT2D eigenvalue weighted by atomic mass is 10.1. The Hall–Kier alpha value is -5.41. The summed E-state index contributed by atoms with van der Waals surface area (Å²) in [5.41, 5.74) is 3.05. The van der Waals surface area contributed by atoms with E-state index >= 15 is 0 Å². The Morgan fingerprint density at radius 1 is 0.980 bits per heavy atom. The van der Waals surface area contributed by atoms with Gasteiger partial charge >= 0.3 is 0 Å². The first-order chi connectivity index (χ1) is 24.0. The van der Waals surface area contributed by atoms with E-state index in [9.17, 15) is 23.2 Å². The monoisotopic (exact) mass is 680 g/mol. The molecule has 50 heavy (non-hydrogen) atoms. The number of nitrogens with zero attached hydrogens (tertiary/aromatic N) is 6. The number of ketones is 1. The number of carbonyl (C=O) groups excluding carboxylic acids is 1. The molecule has 0 bridgehead atoms. The van der Waals surface area contributed by atoms with Crippen LogP contribution in [0.15, 0.2) is 64.3 Å². The number of carbonyl (C=O) groups is 1. The minimum Gasteiger partial charge on any atom is -0.378 e. The molecule has 1 fully saturated rings. The minimum absolute atomic E-state index is 0.0192. The van der Waals surface area contributed by atoms with Crippen LogP contribution in [0.1, 0.15) is 71.3 Å². The molecular weight excluding hydrogens is 642 g/mol. The van der Waals surface area contributed by atoms with Crippen LogP contribution in [0, 0.1) is 30.4 Å². The van der Waals surface area contributed by atoms with E-state index in [0.717, 1.165) is 49.7 Å². The second-order valence-electron chi connectivity index (χ2n) is 12.7. The Balaban J connectivity index is 1.17. The van der Waals surface area contributed by atoms with Crippen LogP contribution in [0.2, 0.25) is 0 Å². The molecule has 0 atom stereocenters. The Bertz CT molecular complexity index is 2250. The van der Waals surface area contributed by atoms with Gasteiger partial charge in [-0.3, -0.25) is 23.6 Å². The van der Waals surface area contributed by atoms with Gasteiger partial charge in [0.15, 0.2) is 17.4 Å². The van der Waals surface area contributed by atoms with Gasteiger partial charge in [0.25, 0.3) is 11.1 Å². The van der Waals surface area contributed by atoms with Gasteiger partial charge in [-0.1, -0.05) is 30.0 Å². The summed E-state index contributed by atoms with van der Waals surface area (Å²) in [7, 11) is 1.63. The summed E-state index contributed by atoms with van der Waals surface area (Å²) in [6.45, 7) is 8.62. The predicted octanol–water partition coefficient (Wildman–Crippen LogP) is 4.95. The topological polar surface area (TPSA) is 104 Å². The van der Waals surface area contributed by atoms with Gasteiger partial charge in [-0.15, -0.1) is 0 Å². The maximum absolute atomic E-state index is 13.7. The Kier molecular flexibility index (Phi) is 10.1. The van der Waals surface area contributed by atoms with Gasteiger partial charge in [0.1, 0.15) is 17.0 Å². The van der Waals surface area contributed by atoms with Crippen molar-refractivity contribution in [3.8, 4) is 11.8 Å². The smallest absolute Gasteiger partial charge is 0.278 e. The molecular formula is C38H38F2N6O4. The number of Topliss-reactive ketones (excluding diaryl/α,β-unsaturated/α-hetero) is 1. The molecule has 5 aromatic rings. The van der Waals surface area contributed by atoms with Crippen LogP contribution in [-0.4, -0.2) is 56.0 Å². The Labute approximate surface area is 287 Å². The first kappa shape index (κ1) is 34.5. The third-order valence-electron chi connectivity index (χ3n) is 8.97. The lowest BCUT2D eigenvalue weighted by Crippen LogP contribution is -2.36. The van der Waals surface area contributed by atoms with Crippen molar-refractivity contribution in [1.29, 1.82) is 0 Å². The fraction of sp³-hybridized carbons (Fsp3) is 0.342. The van der Waals surface area contributed by atoms with Gasteiger partial charge in [0.05, 0.1) is 25.3 Å². The molecule has 1 aliphatic rings. The Morgan fingerprint density at radius 2 is 1.70 bits per heavy atom. The molecule has 0 radical (unpaired) electrons. The van der Waals surface area contributed by atoms with Crippen LogP contribution in [0.5, 0.6) is 0 Å². The predicted molar refractivity (Wildman–Crippen MR) is 187 cm³/mol. The molecule has 0 unspecified atom stereocenters. The number of ether oxygens (including phenoxy) is 1. The third-order valence-corrected chi connectivity index (χ3v) is 8.97. The molecule has 1 aliphatic heterocycles. The molecule has 0 saturated carbocycles. The molecule has 0 N–H and O–H groups in total. The molecule has 6 rings (SSSR count). The van der Waals surface area contributed by atoms with E-state index in [2.05, 4.69) is 46.0 Å². The van der Waals surface area contributed by atoms with Gasteiger partial charge < -0.3 is 9.64 Å². The van der Waals surface area contributed by atoms with Gasteiger partial charge in [0, 0.05) is 68.4 Å². The zero-order valence-electron chi connectivity index (χ0n) is 28.5. The maximum Gasteiger partial charge on any atom is 0.278 e. The summed E-state index contributed by atoms with van der Waals surface area (Å²) in [6.07, 6.45) is 2.30. The molecule has 0 amide bonds. The highest BCUT2D eigenvalue weighted by molar-refractivity contribution is 5.97. The number of hydrogen-bond donors (Lipinski definition) is 0. The highest BCUT2D eigenvalue weighted by Crippen LogP contribution is 2.20. The second kappa shape index (κ2) is 14.6. The zero-order valence-corrected chi connectivity index (χ0v) is 28.5. The average Bonchev–Trinajstić information content (AvgIpc) is 3.31. The number of pyridine rings is 1. The number of hydrogen-bond acceptors (Lipinski definition) is 7. The maximum atomic E-state index is 13.7. The summed E-state index contributed by atoms with van der Waals surface area (Å²) < 4.78 is 37.0. The summed E-state index contributed by atoms with van der Waals surface area (Å²) >= 11 is 0.